The molecule has 14 heavy (non-hydrogen) atoms. The molecular weight excluding hydrogens is 181 g/mol. The molecule has 3 heteroatoms. The fourth-order valence-electron chi connectivity index (χ4n) is 3.39. The van der Waals surface area contributed by atoms with Gasteiger partial charge in [-0.1, -0.05) is 13.8 Å². The van der Waals surface area contributed by atoms with Crippen molar-refractivity contribution in [2.45, 2.75) is 38.4 Å². The first kappa shape index (κ1) is 10.4. The van der Waals surface area contributed by atoms with E-state index in [4.69, 9.17) is 4.74 Å². The molecule has 0 unspecified atom stereocenters. The summed E-state index contributed by atoms with van der Waals surface area (Å²) in [5.41, 5.74) is 0.316. The van der Waals surface area contributed by atoms with Crippen molar-refractivity contribution in [1.82, 2.24) is 4.90 Å². The van der Waals surface area contributed by atoms with E-state index in [-0.39, 0.29) is 5.54 Å². The van der Waals surface area contributed by atoms with Crippen molar-refractivity contribution in [1.29, 1.82) is 0 Å². The zero-order chi connectivity index (χ0) is 10.4. The van der Waals surface area contributed by atoms with Crippen LogP contribution < -0.4 is 0 Å². The third-order valence-corrected chi connectivity index (χ3v) is 3.53. The minimum atomic E-state index is -0.652. The van der Waals surface area contributed by atoms with Crippen molar-refractivity contribution < 1.29 is 9.13 Å². The van der Waals surface area contributed by atoms with Crippen LogP contribution in [0.5, 0.6) is 0 Å². The van der Waals surface area contributed by atoms with Crippen LogP contribution in [0.15, 0.2) is 0 Å². The molecule has 0 spiro atoms. The van der Waals surface area contributed by atoms with Gasteiger partial charge in [0.15, 0.2) is 0 Å². The third kappa shape index (κ3) is 1.57. The van der Waals surface area contributed by atoms with E-state index in [1.54, 1.807) is 7.11 Å². The van der Waals surface area contributed by atoms with Gasteiger partial charge in [-0.25, -0.2) is 4.39 Å². The maximum Gasteiger partial charge on any atom is 0.115 e. The zero-order valence-corrected chi connectivity index (χ0v) is 9.35. The van der Waals surface area contributed by atoms with E-state index < -0.39 is 6.17 Å². The Morgan fingerprint density at radius 3 is 2.86 bits per heavy atom. The molecule has 0 aromatic rings. The highest BCUT2D eigenvalue weighted by Crippen LogP contribution is 2.47. The molecule has 2 saturated heterocycles. The lowest BCUT2D eigenvalue weighted by molar-refractivity contribution is 0.0646. The van der Waals surface area contributed by atoms with E-state index in [1.807, 2.05) is 0 Å². The van der Waals surface area contributed by atoms with Crippen molar-refractivity contribution >= 4 is 0 Å². The predicted molar refractivity (Wildman–Crippen MR) is 54.1 cm³/mol. The Kier molecular flexibility index (Phi) is 2.35. The maximum absolute atomic E-state index is 13.4. The summed E-state index contributed by atoms with van der Waals surface area (Å²) in [4.78, 5) is 2.29. The number of alkyl halides is 1. The van der Waals surface area contributed by atoms with Crippen molar-refractivity contribution in [3.63, 3.8) is 0 Å². The molecule has 2 atom stereocenters. The number of halogens is 1. The minimum absolute atomic E-state index is 0.00231. The van der Waals surface area contributed by atoms with E-state index >= 15 is 0 Å². The van der Waals surface area contributed by atoms with Crippen LogP contribution in [0.1, 0.15) is 26.7 Å². The van der Waals surface area contributed by atoms with Gasteiger partial charge in [0.25, 0.3) is 0 Å². The lowest BCUT2D eigenvalue weighted by atomic mass is 9.82. The van der Waals surface area contributed by atoms with Crippen LogP contribution >= 0.6 is 0 Å². The van der Waals surface area contributed by atoms with Gasteiger partial charge < -0.3 is 4.74 Å². The van der Waals surface area contributed by atoms with Crippen molar-refractivity contribution in [3.05, 3.63) is 0 Å². The van der Waals surface area contributed by atoms with E-state index in [9.17, 15) is 4.39 Å². The number of ether oxygens (including phenoxy) is 1. The molecule has 0 amide bonds. The number of hydrogen-bond acceptors (Lipinski definition) is 2. The van der Waals surface area contributed by atoms with Gasteiger partial charge in [0.2, 0.25) is 0 Å². The third-order valence-electron chi connectivity index (χ3n) is 3.53. The molecule has 0 aliphatic carbocycles. The standard InChI is InChI=1S/C11H20FNO/c1-10(2)6-11(8-14-3)4-9(12)5-13(11)7-10/h9H,4-8H2,1-3H3/t9-,11-/m1/s1. The molecule has 82 valence electrons. The second-order valence-corrected chi connectivity index (χ2v) is 5.68. The van der Waals surface area contributed by atoms with Crippen LogP contribution in [0.25, 0.3) is 0 Å². The first-order valence-electron chi connectivity index (χ1n) is 5.36. The number of hydrogen-bond donors (Lipinski definition) is 0. The smallest absolute Gasteiger partial charge is 0.115 e. The summed E-state index contributed by atoms with van der Waals surface area (Å²) in [6.07, 6.45) is 1.07. The fraction of sp³-hybridized carbons (Fsp3) is 1.00. The molecule has 2 aliphatic rings. The first-order chi connectivity index (χ1) is 6.47. The Balaban J connectivity index is 2.17. The minimum Gasteiger partial charge on any atom is -0.383 e. The van der Waals surface area contributed by atoms with Crippen LogP contribution in [0.3, 0.4) is 0 Å². The maximum atomic E-state index is 13.4. The van der Waals surface area contributed by atoms with E-state index in [1.165, 1.54) is 0 Å². The molecule has 2 nitrogen and oxygen atoms in total. The Labute approximate surface area is 85.4 Å². The van der Waals surface area contributed by atoms with Gasteiger partial charge >= 0.3 is 0 Å². The lowest BCUT2D eigenvalue weighted by Crippen LogP contribution is -2.42. The molecule has 0 saturated carbocycles. The van der Waals surface area contributed by atoms with Crippen LogP contribution in [-0.2, 0) is 4.74 Å². The van der Waals surface area contributed by atoms with Crippen LogP contribution in [0.2, 0.25) is 0 Å². The Hall–Kier alpha value is -0.150. The highest BCUT2D eigenvalue weighted by Gasteiger charge is 2.54. The van der Waals surface area contributed by atoms with Gasteiger partial charge in [0.1, 0.15) is 6.17 Å². The molecule has 0 aromatic carbocycles. The lowest BCUT2D eigenvalue weighted by Gasteiger charge is -2.30. The van der Waals surface area contributed by atoms with E-state index in [0.29, 0.717) is 25.0 Å². The summed E-state index contributed by atoms with van der Waals surface area (Å²) < 4.78 is 18.6. The predicted octanol–water partition coefficient (Wildman–Crippen LogP) is 1.85. The highest BCUT2D eigenvalue weighted by atomic mass is 19.1. The van der Waals surface area contributed by atoms with Crippen LogP contribution in [0, 0.1) is 5.41 Å². The van der Waals surface area contributed by atoms with E-state index in [2.05, 4.69) is 18.7 Å². The van der Waals surface area contributed by atoms with Crippen molar-refractivity contribution in [3.8, 4) is 0 Å². The summed E-state index contributed by atoms with van der Waals surface area (Å²) in [6.45, 7) is 6.81. The second-order valence-electron chi connectivity index (χ2n) is 5.68. The van der Waals surface area contributed by atoms with Crippen molar-refractivity contribution in [2.75, 3.05) is 26.8 Å². The summed E-state index contributed by atoms with van der Waals surface area (Å²) in [7, 11) is 1.71. The first-order valence-corrected chi connectivity index (χ1v) is 5.36. The average molecular weight is 201 g/mol. The number of rotatable bonds is 2. The van der Waals surface area contributed by atoms with Gasteiger partial charge in [0, 0.05) is 32.2 Å². The molecule has 0 N–H and O–H groups in total. The fourth-order valence-corrected chi connectivity index (χ4v) is 3.39. The number of methoxy groups -OCH3 is 1. The molecule has 2 fully saturated rings. The molecule has 2 rings (SSSR count). The van der Waals surface area contributed by atoms with Gasteiger partial charge in [-0.05, 0) is 11.8 Å². The quantitative estimate of drug-likeness (QED) is 0.676. The molecule has 2 aliphatic heterocycles. The normalized spacial score (nSPS) is 41.6. The van der Waals surface area contributed by atoms with Crippen LogP contribution in [-0.4, -0.2) is 43.4 Å². The van der Waals surface area contributed by atoms with Gasteiger partial charge in [-0.15, -0.1) is 0 Å². The van der Waals surface area contributed by atoms with Gasteiger partial charge in [-0.2, -0.15) is 0 Å². The largest absolute Gasteiger partial charge is 0.383 e. The summed E-state index contributed by atoms with van der Waals surface area (Å²) in [6, 6.07) is 0. The second kappa shape index (κ2) is 3.17. The highest BCUT2D eigenvalue weighted by molar-refractivity contribution is 5.08. The monoisotopic (exact) mass is 201 g/mol. The SMILES string of the molecule is COC[C@]12C[C@@H](F)CN1CC(C)(C)C2. The summed E-state index contributed by atoms with van der Waals surface area (Å²) in [5, 5.41) is 0. The Bertz CT molecular complexity index is 231. The molecule has 0 bridgehead atoms. The van der Waals surface area contributed by atoms with E-state index in [0.717, 1.165) is 13.0 Å². The zero-order valence-electron chi connectivity index (χ0n) is 9.35. The Morgan fingerprint density at radius 2 is 2.21 bits per heavy atom. The molecule has 0 aromatic heterocycles. The summed E-state index contributed by atoms with van der Waals surface area (Å²) >= 11 is 0. The Morgan fingerprint density at radius 1 is 1.50 bits per heavy atom. The van der Waals surface area contributed by atoms with Crippen LogP contribution in [0.4, 0.5) is 4.39 Å². The molecular formula is C11H20FNO. The molecule has 0 radical (unpaired) electrons. The average Bonchev–Trinajstić information content (AvgIpc) is 2.35. The topological polar surface area (TPSA) is 12.5 Å². The van der Waals surface area contributed by atoms with Gasteiger partial charge in [0.05, 0.1) is 6.61 Å². The summed E-state index contributed by atoms with van der Waals surface area (Å²) in [5.74, 6) is 0. The number of nitrogens with zero attached hydrogens (tertiary/aromatic N) is 1. The van der Waals surface area contributed by atoms with Crippen molar-refractivity contribution in [2.24, 2.45) is 5.41 Å². The van der Waals surface area contributed by atoms with Gasteiger partial charge in [-0.3, -0.25) is 4.90 Å². The number of fused-ring (bicyclic) bond motifs is 1. The molecule has 2 heterocycles.